The van der Waals surface area contributed by atoms with Crippen LogP contribution in [0.15, 0.2) is 6.07 Å². The van der Waals surface area contributed by atoms with E-state index < -0.39 is 0 Å². The highest BCUT2D eigenvalue weighted by Crippen LogP contribution is 2.35. The van der Waals surface area contributed by atoms with Gasteiger partial charge in [-0.3, -0.25) is 9.48 Å². The van der Waals surface area contributed by atoms with Crippen molar-refractivity contribution in [3.05, 3.63) is 17.5 Å². The Hall–Kier alpha value is -1.44. The number of amides is 1. The molecule has 4 rings (SSSR count). The lowest BCUT2D eigenvalue weighted by molar-refractivity contribution is -0.127. The Morgan fingerprint density at radius 1 is 1.36 bits per heavy atom. The number of rotatable bonds is 5. The van der Waals surface area contributed by atoms with Gasteiger partial charge >= 0.3 is 0 Å². The number of aromatic nitrogens is 2. The predicted octanol–water partition coefficient (Wildman–Crippen LogP) is 2.15. The van der Waals surface area contributed by atoms with Crippen molar-refractivity contribution in [1.82, 2.24) is 19.6 Å². The largest absolute Gasteiger partial charge is 0.380 e. The smallest absolute Gasteiger partial charge is 0.273 e. The van der Waals surface area contributed by atoms with Gasteiger partial charge in [-0.25, -0.2) is 0 Å². The quantitative estimate of drug-likeness (QED) is 0.771. The third-order valence-electron chi connectivity index (χ3n) is 6.89. The van der Waals surface area contributed by atoms with Crippen LogP contribution in [-0.4, -0.2) is 78.0 Å². The van der Waals surface area contributed by atoms with E-state index in [1.165, 1.54) is 25.7 Å². The summed E-state index contributed by atoms with van der Waals surface area (Å²) in [5.41, 5.74) is 1.36. The maximum absolute atomic E-state index is 12.2. The number of fused-ring (bicyclic) bond motifs is 1. The highest BCUT2D eigenvalue weighted by Gasteiger charge is 2.40. The zero-order chi connectivity index (χ0) is 19.7. The van der Waals surface area contributed by atoms with Crippen molar-refractivity contribution in [3.8, 4) is 0 Å². The van der Waals surface area contributed by atoms with Crippen molar-refractivity contribution in [1.29, 1.82) is 0 Å². The monoisotopic (exact) mass is 390 g/mol. The summed E-state index contributed by atoms with van der Waals surface area (Å²) in [7, 11) is 5.38. The van der Waals surface area contributed by atoms with E-state index in [1.807, 2.05) is 17.9 Å². The van der Waals surface area contributed by atoms with E-state index in [2.05, 4.69) is 10.00 Å². The fourth-order valence-electron chi connectivity index (χ4n) is 5.03. The van der Waals surface area contributed by atoms with Crippen LogP contribution in [0.1, 0.15) is 54.7 Å². The van der Waals surface area contributed by atoms with E-state index in [0.29, 0.717) is 18.4 Å². The molecule has 0 radical (unpaired) electrons. The molecule has 1 saturated heterocycles. The summed E-state index contributed by atoms with van der Waals surface area (Å²) in [4.78, 5) is 16.3. The van der Waals surface area contributed by atoms with Gasteiger partial charge in [-0.2, -0.15) is 5.10 Å². The Labute approximate surface area is 167 Å². The van der Waals surface area contributed by atoms with E-state index in [9.17, 15) is 4.79 Å². The summed E-state index contributed by atoms with van der Waals surface area (Å²) in [5, 5.41) is 4.57. The van der Waals surface area contributed by atoms with Gasteiger partial charge < -0.3 is 19.3 Å². The number of carbonyl (C=O) groups excluding carboxylic acids is 1. The minimum atomic E-state index is -0.149. The number of ether oxygens (including phenoxy) is 2. The average molecular weight is 391 g/mol. The van der Waals surface area contributed by atoms with Gasteiger partial charge in [0, 0.05) is 40.8 Å². The average Bonchev–Trinajstić information content (AvgIpc) is 3.36. The number of hydrogen-bond acceptors (Lipinski definition) is 5. The molecule has 3 aliphatic rings. The molecule has 0 aromatic carbocycles. The molecule has 28 heavy (non-hydrogen) atoms. The summed E-state index contributed by atoms with van der Waals surface area (Å²) >= 11 is 0. The molecule has 3 heterocycles. The number of nitrogens with zero attached hydrogens (tertiary/aromatic N) is 4. The second-order valence-corrected chi connectivity index (χ2v) is 8.97. The van der Waals surface area contributed by atoms with E-state index in [-0.39, 0.29) is 11.5 Å². The SMILES string of the molecule is COC(CN1CCC2(CC1)Cn1nc(C(=O)N(C)C)cc1CO2)C1CCCC1. The van der Waals surface area contributed by atoms with Gasteiger partial charge in [-0.15, -0.1) is 0 Å². The first-order chi connectivity index (χ1) is 13.5. The fourth-order valence-corrected chi connectivity index (χ4v) is 5.03. The third kappa shape index (κ3) is 3.98. The minimum absolute atomic E-state index is 0.0525. The van der Waals surface area contributed by atoms with E-state index in [1.54, 1.807) is 19.0 Å². The summed E-state index contributed by atoms with van der Waals surface area (Å²) < 4.78 is 14.2. The summed E-state index contributed by atoms with van der Waals surface area (Å²) in [6.07, 6.45) is 7.71. The van der Waals surface area contributed by atoms with E-state index >= 15 is 0 Å². The number of piperidine rings is 1. The molecule has 1 saturated carbocycles. The molecule has 1 aromatic heterocycles. The molecule has 1 amide bonds. The van der Waals surface area contributed by atoms with Crippen LogP contribution < -0.4 is 0 Å². The molecule has 2 fully saturated rings. The van der Waals surface area contributed by atoms with Crippen molar-refractivity contribution in [2.45, 2.75) is 63.4 Å². The Bertz CT molecular complexity index is 688. The van der Waals surface area contributed by atoms with Gasteiger partial charge in [0.15, 0.2) is 5.69 Å². The molecule has 7 heteroatoms. The highest BCUT2D eigenvalue weighted by molar-refractivity contribution is 5.92. The van der Waals surface area contributed by atoms with Gasteiger partial charge in [0.1, 0.15) is 0 Å². The van der Waals surface area contributed by atoms with Crippen molar-refractivity contribution >= 4 is 5.91 Å². The molecular weight excluding hydrogens is 356 g/mol. The van der Waals surface area contributed by atoms with Crippen molar-refractivity contribution in [2.75, 3.05) is 40.8 Å². The molecule has 0 N–H and O–H groups in total. The molecule has 1 aliphatic carbocycles. The molecule has 7 nitrogen and oxygen atoms in total. The van der Waals surface area contributed by atoms with Crippen LogP contribution in [0.5, 0.6) is 0 Å². The maximum Gasteiger partial charge on any atom is 0.273 e. The lowest BCUT2D eigenvalue weighted by atomic mass is 9.89. The zero-order valence-corrected chi connectivity index (χ0v) is 17.5. The van der Waals surface area contributed by atoms with Crippen LogP contribution in [0.25, 0.3) is 0 Å². The van der Waals surface area contributed by atoms with Gasteiger partial charge in [0.25, 0.3) is 5.91 Å². The molecule has 1 aromatic rings. The molecule has 1 spiro atoms. The zero-order valence-electron chi connectivity index (χ0n) is 17.5. The number of methoxy groups -OCH3 is 1. The van der Waals surface area contributed by atoms with E-state index in [0.717, 1.165) is 50.6 Å². The van der Waals surface area contributed by atoms with Crippen LogP contribution >= 0.6 is 0 Å². The second-order valence-electron chi connectivity index (χ2n) is 8.97. The lowest BCUT2D eigenvalue weighted by Crippen LogP contribution is -2.52. The van der Waals surface area contributed by atoms with Gasteiger partial charge in [-0.05, 0) is 37.7 Å². The fraction of sp³-hybridized carbons (Fsp3) is 0.810. The topological polar surface area (TPSA) is 59.8 Å². The predicted molar refractivity (Wildman–Crippen MR) is 106 cm³/mol. The molecule has 2 aliphatic heterocycles. The molecular formula is C21H34N4O3. The molecule has 0 bridgehead atoms. The summed E-state index contributed by atoms with van der Waals surface area (Å²) in [5.74, 6) is 0.675. The molecule has 156 valence electrons. The summed E-state index contributed by atoms with van der Waals surface area (Å²) in [6.45, 7) is 4.38. The third-order valence-corrected chi connectivity index (χ3v) is 6.89. The molecule has 1 unspecified atom stereocenters. The first kappa shape index (κ1) is 19.9. The van der Waals surface area contributed by atoms with Crippen LogP contribution in [0.4, 0.5) is 0 Å². The standard InChI is InChI=1S/C21H34N4O3/c1-23(2)20(26)18-12-17-14-28-21(15-25(17)22-18)8-10-24(11-9-21)13-19(27-3)16-6-4-5-7-16/h12,16,19H,4-11,13-15H2,1-3H3. The Morgan fingerprint density at radius 2 is 2.07 bits per heavy atom. The van der Waals surface area contributed by atoms with Gasteiger partial charge in [-0.1, -0.05) is 12.8 Å². The van der Waals surface area contributed by atoms with E-state index in [4.69, 9.17) is 9.47 Å². The number of likely N-dealkylation sites (tertiary alicyclic amines) is 1. The first-order valence-corrected chi connectivity index (χ1v) is 10.7. The van der Waals surface area contributed by atoms with Gasteiger partial charge in [0.2, 0.25) is 0 Å². The Balaban J connectivity index is 1.35. The van der Waals surface area contributed by atoms with Crippen LogP contribution in [0.2, 0.25) is 0 Å². The Morgan fingerprint density at radius 3 is 2.71 bits per heavy atom. The normalized spacial score (nSPS) is 23.7. The number of hydrogen-bond donors (Lipinski definition) is 0. The second kappa shape index (κ2) is 8.13. The lowest BCUT2D eigenvalue weighted by Gasteiger charge is -2.44. The highest BCUT2D eigenvalue weighted by atomic mass is 16.5. The van der Waals surface area contributed by atoms with Gasteiger partial charge in [0.05, 0.1) is 30.6 Å². The van der Waals surface area contributed by atoms with Crippen molar-refractivity contribution in [2.24, 2.45) is 5.92 Å². The van der Waals surface area contributed by atoms with Crippen molar-refractivity contribution < 1.29 is 14.3 Å². The number of carbonyl (C=O) groups is 1. The summed E-state index contributed by atoms with van der Waals surface area (Å²) in [6, 6.07) is 1.87. The van der Waals surface area contributed by atoms with Crippen LogP contribution in [0, 0.1) is 5.92 Å². The van der Waals surface area contributed by atoms with Crippen LogP contribution in [0.3, 0.4) is 0 Å². The minimum Gasteiger partial charge on any atom is -0.380 e. The van der Waals surface area contributed by atoms with Crippen LogP contribution in [-0.2, 0) is 22.6 Å². The maximum atomic E-state index is 12.2. The Kier molecular flexibility index (Phi) is 5.76. The van der Waals surface area contributed by atoms with Crippen molar-refractivity contribution in [3.63, 3.8) is 0 Å². The first-order valence-electron chi connectivity index (χ1n) is 10.7. The molecule has 1 atom stereocenters.